The molecule has 0 atom stereocenters. The molecule has 4 heteroatoms. The predicted molar refractivity (Wildman–Crippen MR) is 76.2 cm³/mol. The summed E-state index contributed by atoms with van der Waals surface area (Å²) in [5.41, 5.74) is 1.50. The quantitative estimate of drug-likeness (QED) is 0.886. The van der Waals surface area contributed by atoms with Crippen molar-refractivity contribution in [1.82, 2.24) is 5.32 Å². The molecule has 0 amide bonds. The second-order valence-electron chi connectivity index (χ2n) is 5.87. The Bertz CT molecular complexity index is 441. The zero-order chi connectivity index (χ0) is 14.1. The third-order valence-electron chi connectivity index (χ3n) is 4.52. The molecule has 4 nitrogen and oxygen atoms in total. The first-order chi connectivity index (χ1) is 9.66. The Morgan fingerprint density at radius 2 is 1.65 bits per heavy atom. The molecule has 110 valence electrons. The highest BCUT2D eigenvalue weighted by molar-refractivity contribution is 5.28. The van der Waals surface area contributed by atoms with Gasteiger partial charge in [-0.3, -0.25) is 0 Å². The van der Waals surface area contributed by atoms with Gasteiger partial charge in [-0.1, -0.05) is 24.3 Å². The van der Waals surface area contributed by atoms with Crippen molar-refractivity contribution in [3.63, 3.8) is 0 Å². The van der Waals surface area contributed by atoms with Crippen molar-refractivity contribution in [1.29, 1.82) is 0 Å². The maximum atomic E-state index is 10.9. The molecule has 1 aliphatic heterocycles. The molecule has 2 aliphatic rings. The number of nitrogens with one attached hydrogen (secondary N) is 1. The van der Waals surface area contributed by atoms with E-state index in [2.05, 4.69) is 17.4 Å². The Morgan fingerprint density at radius 3 is 2.20 bits per heavy atom. The first-order valence-electron chi connectivity index (χ1n) is 7.40. The second-order valence-corrected chi connectivity index (χ2v) is 5.87. The number of rotatable bonds is 3. The molecular formula is C16H23NO3. The van der Waals surface area contributed by atoms with Crippen LogP contribution in [0.1, 0.15) is 36.8 Å². The summed E-state index contributed by atoms with van der Waals surface area (Å²) < 4.78 is 11.4. The maximum Gasteiger partial charge on any atom is 0.168 e. The Balaban J connectivity index is 1.70. The van der Waals surface area contributed by atoms with Crippen LogP contribution in [0, 0.1) is 0 Å². The lowest BCUT2D eigenvalue weighted by Gasteiger charge is -2.40. The molecule has 1 saturated carbocycles. The minimum absolute atomic E-state index is 0.418. The van der Waals surface area contributed by atoms with Gasteiger partial charge in [0, 0.05) is 19.4 Å². The van der Waals surface area contributed by atoms with E-state index in [1.54, 1.807) is 0 Å². The Morgan fingerprint density at radius 1 is 1.05 bits per heavy atom. The number of ether oxygens (including phenoxy) is 2. The average Bonchev–Trinajstić information content (AvgIpc) is 2.93. The fraction of sp³-hybridized carbons (Fsp3) is 0.625. The van der Waals surface area contributed by atoms with Crippen LogP contribution >= 0.6 is 0 Å². The first-order valence-corrected chi connectivity index (χ1v) is 7.40. The van der Waals surface area contributed by atoms with E-state index in [1.165, 1.54) is 5.56 Å². The smallest absolute Gasteiger partial charge is 0.168 e. The number of benzene rings is 1. The maximum absolute atomic E-state index is 10.9. The van der Waals surface area contributed by atoms with Gasteiger partial charge in [-0.15, -0.1) is 0 Å². The van der Waals surface area contributed by atoms with Crippen LogP contribution in [0.4, 0.5) is 0 Å². The largest absolute Gasteiger partial charge is 0.385 e. The van der Waals surface area contributed by atoms with E-state index in [0.717, 1.165) is 24.9 Å². The van der Waals surface area contributed by atoms with Crippen molar-refractivity contribution < 1.29 is 14.6 Å². The van der Waals surface area contributed by atoms with Crippen molar-refractivity contribution in [3.05, 3.63) is 35.4 Å². The normalized spacial score (nSPS) is 24.1. The van der Waals surface area contributed by atoms with E-state index >= 15 is 0 Å². The van der Waals surface area contributed by atoms with Gasteiger partial charge in [0.1, 0.15) is 0 Å². The summed E-state index contributed by atoms with van der Waals surface area (Å²) >= 11 is 0. The van der Waals surface area contributed by atoms with Crippen LogP contribution in [-0.2, 0) is 21.6 Å². The van der Waals surface area contributed by atoms with Crippen LogP contribution in [0.25, 0.3) is 0 Å². The number of hydrogen-bond acceptors (Lipinski definition) is 4. The molecule has 1 aromatic carbocycles. The fourth-order valence-electron chi connectivity index (χ4n) is 3.26. The van der Waals surface area contributed by atoms with E-state index in [1.807, 2.05) is 19.2 Å². The monoisotopic (exact) mass is 277 g/mol. The summed E-state index contributed by atoms with van der Waals surface area (Å²) in [6, 6.07) is 8.25. The number of hydrogen-bond donors (Lipinski definition) is 2. The minimum Gasteiger partial charge on any atom is -0.385 e. The molecule has 20 heavy (non-hydrogen) atoms. The molecule has 0 aromatic heterocycles. The van der Waals surface area contributed by atoms with Crippen LogP contribution in [-0.4, -0.2) is 31.2 Å². The van der Waals surface area contributed by atoms with Gasteiger partial charge < -0.3 is 19.9 Å². The van der Waals surface area contributed by atoms with Gasteiger partial charge >= 0.3 is 0 Å². The Hall–Kier alpha value is -0.940. The Labute approximate surface area is 120 Å². The highest BCUT2D eigenvalue weighted by atomic mass is 16.7. The molecule has 1 aromatic rings. The van der Waals surface area contributed by atoms with Crippen LogP contribution in [0.5, 0.6) is 0 Å². The molecule has 1 spiro atoms. The fourth-order valence-corrected chi connectivity index (χ4v) is 3.26. The first kappa shape index (κ1) is 14.0. The second kappa shape index (κ2) is 5.45. The standard InChI is InChI=1S/C16H23NO3/c1-17-12-13-2-4-14(5-3-13)15(18)6-8-16(9-7-15)19-10-11-20-16/h2-5,17-18H,6-12H2,1H3. The molecule has 3 rings (SSSR count). The van der Waals surface area contributed by atoms with Gasteiger partial charge in [0.25, 0.3) is 0 Å². The Kier molecular flexibility index (Phi) is 3.82. The predicted octanol–water partition coefficient (Wildman–Crippen LogP) is 1.91. The lowest BCUT2D eigenvalue weighted by Crippen LogP contribution is -2.42. The SMILES string of the molecule is CNCc1ccc(C2(O)CCC3(CC2)OCCO3)cc1. The van der Waals surface area contributed by atoms with Crippen molar-refractivity contribution in [2.45, 2.75) is 43.6 Å². The van der Waals surface area contributed by atoms with Crippen LogP contribution in [0.15, 0.2) is 24.3 Å². The molecule has 0 unspecified atom stereocenters. The third kappa shape index (κ3) is 2.61. The number of aliphatic hydroxyl groups is 1. The summed E-state index contributed by atoms with van der Waals surface area (Å²) in [6.07, 6.45) is 2.92. The summed E-state index contributed by atoms with van der Waals surface area (Å²) in [7, 11) is 1.93. The van der Waals surface area contributed by atoms with Gasteiger partial charge in [0.15, 0.2) is 5.79 Å². The zero-order valence-corrected chi connectivity index (χ0v) is 12.0. The summed E-state index contributed by atoms with van der Waals surface area (Å²) in [5.74, 6) is -0.418. The van der Waals surface area contributed by atoms with Crippen molar-refractivity contribution >= 4 is 0 Å². The lowest BCUT2D eigenvalue weighted by atomic mass is 9.77. The molecule has 2 N–H and O–H groups in total. The summed E-state index contributed by atoms with van der Waals surface area (Å²) in [4.78, 5) is 0. The van der Waals surface area contributed by atoms with Crippen LogP contribution in [0.3, 0.4) is 0 Å². The van der Waals surface area contributed by atoms with E-state index < -0.39 is 11.4 Å². The van der Waals surface area contributed by atoms with E-state index in [4.69, 9.17) is 9.47 Å². The topological polar surface area (TPSA) is 50.7 Å². The molecular weight excluding hydrogens is 254 g/mol. The van der Waals surface area contributed by atoms with Crippen molar-refractivity contribution in [3.8, 4) is 0 Å². The highest BCUT2D eigenvalue weighted by Gasteiger charge is 2.46. The molecule has 1 heterocycles. The molecule has 0 bridgehead atoms. The van der Waals surface area contributed by atoms with Crippen molar-refractivity contribution in [2.24, 2.45) is 0 Å². The van der Waals surface area contributed by atoms with Gasteiger partial charge in [-0.05, 0) is 31.0 Å². The van der Waals surface area contributed by atoms with Crippen LogP contribution in [0.2, 0.25) is 0 Å². The van der Waals surface area contributed by atoms with Gasteiger partial charge in [-0.25, -0.2) is 0 Å². The van der Waals surface area contributed by atoms with E-state index in [-0.39, 0.29) is 0 Å². The highest BCUT2D eigenvalue weighted by Crippen LogP contribution is 2.44. The molecule has 0 radical (unpaired) electrons. The van der Waals surface area contributed by atoms with Crippen molar-refractivity contribution in [2.75, 3.05) is 20.3 Å². The minimum atomic E-state index is -0.737. The van der Waals surface area contributed by atoms with Crippen LogP contribution < -0.4 is 5.32 Å². The molecule has 1 aliphatic carbocycles. The van der Waals surface area contributed by atoms with Gasteiger partial charge in [-0.2, -0.15) is 0 Å². The summed E-state index contributed by atoms with van der Waals surface area (Å²) in [5, 5.41) is 14.0. The zero-order valence-electron chi connectivity index (χ0n) is 12.0. The third-order valence-corrected chi connectivity index (χ3v) is 4.52. The van der Waals surface area contributed by atoms with Gasteiger partial charge in [0.2, 0.25) is 0 Å². The average molecular weight is 277 g/mol. The molecule has 1 saturated heterocycles. The van der Waals surface area contributed by atoms with E-state index in [9.17, 15) is 5.11 Å². The lowest BCUT2D eigenvalue weighted by molar-refractivity contribution is -0.204. The van der Waals surface area contributed by atoms with E-state index in [0.29, 0.717) is 26.1 Å². The molecule has 2 fully saturated rings. The van der Waals surface area contributed by atoms with Gasteiger partial charge in [0.05, 0.1) is 18.8 Å². The summed E-state index contributed by atoms with van der Waals surface area (Å²) in [6.45, 7) is 2.21.